The maximum atomic E-state index is 5.09. The van der Waals surface area contributed by atoms with E-state index in [9.17, 15) is 0 Å². The van der Waals surface area contributed by atoms with Gasteiger partial charge in [-0.15, -0.1) is 0 Å². The maximum absolute atomic E-state index is 5.09. The molecule has 3 N–H and O–H groups in total. The highest BCUT2D eigenvalue weighted by Gasteiger charge is 1.98. The summed E-state index contributed by atoms with van der Waals surface area (Å²) in [5, 5.41) is 6.27. The van der Waals surface area contributed by atoms with Crippen LogP contribution in [0.15, 0.2) is 41.5 Å². The van der Waals surface area contributed by atoms with E-state index in [2.05, 4.69) is 41.8 Å². The molecule has 0 saturated carbocycles. The number of benzene rings is 2. The molecule has 2 aromatic rings. The number of hydrogen-bond acceptors (Lipinski definition) is 3. The predicted octanol–water partition coefficient (Wildman–Crippen LogP) is 1.95. The predicted molar refractivity (Wildman–Crippen MR) is 63.6 cm³/mol. The number of hydrazone groups is 1. The average molecular weight is 199 g/mol. The van der Waals surface area contributed by atoms with Gasteiger partial charge in [-0.05, 0) is 34.9 Å². The lowest BCUT2D eigenvalue weighted by atomic mass is 10.0. The molecule has 0 fully saturated rings. The monoisotopic (exact) mass is 199 g/mol. The van der Waals surface area contributed by atoms with Crippen molar-refractivity contribution in [1.29, 1.82) is 0 Å². The van der Waals surface area contributed by atoms with Gasteiger partial charge in [-0.3, -0.25) is 0 Å². The lowest BCUT2D eigenvalue weighted by molar-refractivity contribution is 0.811. The van der Waals surface area contributed by atoms with Gasteiger partial charge < -0.3 is 0 Å². The fourth-order valence-corrected chi connectivity index (χ4v) is 1.62. The van der Waals surface area contributed by atoms with Crippen LogP contribution < -0.4 is 11.4 Å². The third-order valence-electron chi connectivity index (χ3n) is 2.41. The third-order valence-corrected chi connectivity index (χ3v) is 2.41. The Hall–Kier alpha value is -1.87. The summed E-state index contributed by atoms with van der Waals surface area (Å²) in [4.78, 5) is 0. The van der Waals surface area contributed by atoms with Gasteiger partial charge in [0.25, 0.3) is 0 Å². The average Bonchev–Trinajstić information content (AvgIpc) is 2.26. The molecular weight excluding hydrogens is 186 g/mol. The molecule has 0 amide bonds. The van der Waals surface area contributed by atoms with Crippen molar-refractivity contribution < 1.29 is 0 Å². The SMILES string of the molecule is Cc1cc2ccccc2cc1/C=N\NN. The van der Waals surface area contributed by atoms with Crippen LogP contribution >= 0.6 is 0 Å². The molecule has 0 atom stereocenters. The van der Waals surface area contributed by atoms with E-state index in [0.717, 1.165) is 5.56 Å². The van der Waals surface area contributed by atoms with Gasteiger partial charge in [-0.2, -0.15) is 5.10 Å². The van der Waals surface area contributed by atoms with Crippen molar-refractivity contribution in [2.24, 2.45) is 10.9 Å². The number of nitrogens with two attached hydrogens (primary N) is 1. The van der Waals surface area contributed by atoms with Gasteiger partial charge >= 0.3 is 0 Å². The van der Waals surface area contributed by atoms with E-state index in [4.69, 9.17) is 5.84 Å². The Labute approximate surface area is 88.6 Å². The van der Waals surface area contributed by atoms with Crippen molar-refractivity contribution in [3.63, 3.8) is 0 Å². The first-order chi connectivity index (χ1) is 7.31. The van der Waals surface area contributed by atoms with Crippen molar-refractivity contribution in [3.05, 3.63) is 47.5 Å². The molecule has 2 aromatic carbocycles. The van der Waals surface area contributed by atoms with Crippen LogP contribution in [0.4, 0.5) is 0 Å². The Morgan fingerprint density at radius 3 is 2.53 bits per heavy atom. The van der Waals surface area contributed by atoms with E-state index in [0.29, 0.717) is 0 Å². The maximum Gasteiger partial charge on any atom is 0.0558 e. The van der Waals surface area contributed by atoms with Crippen molar-refractivity contribution >= 4 is 17.0 Å². The summed E-state index contributed by atoms with van der Waals surface area (Å²) < 4.78 is 0. The lowest BCUT2D eigenvalue weighted by Gasteiger charge is -2.03. The summed E-state index contributed by atoms with van der Waals surface area (Å²) in [5.74, 6) is 5.09. The Morgan fingerprint density at radius 1 is 1.20 bits per heavy atom. The molecule has 3 nitrogen and oxygen atoms in total. The lowest BCUT2D eigenvalue weighted by Crippen LogP contribution is -2.13. The number of hydrogen-bond donors (Lipinski definition) is 2. The van der Waals surface area contributed by atoms with Crippen LogP contribution in [-0.2, 0) is 0 Å². The highest BCUT2D eigenvalue weighted by molar-refractivity contribution is 5.92. The molecule has 0 aromatic heterocycles. The van der Waals surface area contributed by atoms with Gasteiger partial charge in [0.1, 0.15) is 0 Å². The minimum Gasteiger partial charge on any atom is -0.246 e. The first-order valence-corrected chi connectivity index (χ1v) is 4.79. The van der Waals surface area contributed by atoms with Crippen molar-refractivity contribution in [1.82, 2.24) is 5.53 Å². The van der Waals surface area contributed by atoms with Crippen LogP contribution in [0.1, 0.15) is 11.1 Å². The normalized spacial score (nSPS) is 11.1. The van der Waals surface area contributed by atoms with E-state index < -0.39 is 0 Å². The number of nitrogens with one attached hydrogen (secondary N) is 1. The molecule has 2 rings (SSSR count). The second-order valence-corrected chi connectivity index (χ2v) is 3.44. The minimum atomic E-state index is 1.08. The van der Waals surface area contributed by atoms with Gasteiger partial charge in [0.15, 0.2) is 0 Å². The molecule has 0 aliphatic carbocycles. The van der Waals surface area contributed by atoms with Crippen molar-refractivity contribution in [2.75, 3.05) is 0 Å². The molecule has 3 heteroatoms. The summed E-state index contributed by atoms with van der Waals surface area (Å²) in [5.41, 5.74) is 4.52. The van der Waals surface area contributed by atoms with Crippen molar-refractivity contribution in [2.45, 2.75) is 6.92 Å². The Morgan fingerprint density at radius 2 is 1.87 bits per heavy atom. The van der Waals surface area contributed by atoms with Crippen LogP contribution in [0.2, 0.25) is 0 Å². The number of nitrogens with zero attached hydrogens (tertiary/aromatic N) is 1. The third kappa shape index (κ3) is 1.97. The van der Waals surface area contributed by atoms with Gasteiger partial charge in [0.05, 0.1) is 6.21 Å². The van der Waals surface area contributed by atoms with E-state index in [1.807, 2.05) is 12.1 Å². The molecule has 0 radical (unpaired) electrons. The van der Waals surface area contributed by atoms with Crippen molar-refractivity contribution in [3.8, 4) is 0 Å². The quantitative estimate of drug-likeness (QED) is 0.441. The van der Waals surface area contributed by atoms with Gasteiger partial charge in [0.2, 0.25) is 0 Å². The molecule has 0 aliphatic heterocycles. The molecule has 0 aliphatic rings. The number of rotatable bonds is 2. The van der Waals surface area contributed by atoms with E-state index in [1.165, 1.54) is 16.3 Å². The van der Waals surface area contributed by atoms with E-state index in [1.54, 1.807) is 6.21 Å². The molecule has 0 heterocycles. The zero-order chi connectivity index (χ0) is 10.7. The van der Waals surface area contributed by atoms with Crippen LogP contribution in [0, 0.1) is 6.92 Å². The number of fused-ring (bicyclic) bond motifs is 1. The fourth-order valence-electron chi connectivity index (χ4n) is 1.62. The fraction of sp³-hybridized carbons (Fsp3) is 0.0833. The summed E-state index contributed by atoms with van der Waals surface area (Å²) >= 11 is 0. The highest BCUT2D eigenvalue weighted by atomic mass is 15.5. The smallest absolute Gasteiger partial charge is 0.0558 e. The van der Waals surface area contributed by atoms with Crippen LogP contribution in [0.25, 0.3) is 10.8 Å². The minimum absolute atomic E-state index is 1.08. The van der Waals surface area contributed by atoms with Crippen LogP contribution in [-0.4, -0.2) is 6.21 Å². The molecule has 0 saturated heterocycles. The van der Waals surface area contributed by atoms with E-state index in [-0.39, 0.29) is 0 Å². The second-order valence-electron chi connectivity index (χ2n) is 3.44. The Kier molecular flexibility index (Phi) is 2.65. The molecule has 76 valence electrons. The standard InChI is InChI=1S/C12H13N3/c1-9-6-10-4-2-3-5-11(10)7-12(9)8-14-15-13/h2-8,15H,13H2,1H3/b14-8-. The largest absolute Gasteiger partial charge is 0.246 e. The molecule has 15 heavy (non-hydrogen) atoms. The summed E-state index contributed by atoms with van der Waals surface area (Å²) in [7, 11) is 0. The highest BCUT2D eigenvalue weighted by Crippen LogP contribution is 2.18. The molecule has 0 unspecified atom stereocenters. The van der Waals surface area contributed by atoms with Gasteiger partial charge in [0, 0.05) is 0 Å². The Balaban J connectivity index is 2.57. The van der Waals surface area contributed by atoms with Crippen LogP contribution in [0.3, 0.4) is 0 Å². The number of aryl methyl sites for hydroxylation is 1. The second kappa shape index (κ2) is 4.11. The zero-order valence-electron chi connectivity index (χ0n) is 8.57. The topological polar surface area (TPSA) is 50.4 Å². The van der Waals surface area contributed by atoms with Crippen LogP contribution in [0.5, 0.6) is 0 Å². The molecule has 0 spiro atoms. The van der Waals surface area contributed by atoms with Gasteiger partial charge in [-0.25, -0.2) is 11.4 Å². The first kappa shape index (κ1) is 9.68. The summed E-state index contributed by atoms with van der Waals surface area (Å²) in [6.45, 7) is 2.06. The zero-order valence-corrected chi connectivity index (χ0v) is 8.57. The summed E-state index contributed by atoms with van der Waals surface area (Å²) in [6.07, 6.45) is 1.72. The molecule has 0 bridgehead atoms. The Bertz CT molecular complexity index is 503. The van der Waals surface area contributed by atoms with E-state index >= 15 is 0 Å². The van der Waals surface area contributed by atoms with Gasteiger partial charge in [-0.1, -0.05) is 30.3 Å². The molecular formula is C12H13N3. The first-order valence-electron chi connectivity index (χ1n) is 4.79. The number of hydrazine groups is 1. The summed E-state index contributed by atoms with van der Waals surface area (Å²) in [6, 6.07) is 12.5.